The first-order chi connectivity index (χ1) is 17.8. The number of Topliss-reactive ketones (excluding diaryl/α,β-unsaturated/α-hetero) is 1. The molecule has 1 amide bonds. The fourth-order valence-corrected chi connectivity index (χ4v) is 4.26. The lowest BCUT2D eigenvalue weighted by Crippen LogP contribution is -2.32. The smallest absolute Gasteiger partial charge is 0.295 e. The van der Waals surface area contributed by atoms with Crippen molar-refractivity contribution in [2.45, 2.75) is 19.6 Å². The van der Waals surface area contributed by atoms with Gasteiger partial charge in [-0.25, -0.2) is 0 Å². The number of ketones is 1. The van der Waals surface area contributed by atoms with Crippen molar-refractivity contribution in [3.63, 3.8) is 0 Å². The normalized spacial score (nSPS) is 16.7. The lowest BCUT2D eigenvalue weighted by Gasteiger charge is -2.25. The van der Waals surface area contributed by atoms with E-state index in [1.165, 1.54) is 36.3 Å². The van der Waals surface area contributed by atoms with Crippen molar-refractivity contribution in [3.8, 4) is 5.75 Å². The molecule has 1 fully saturated rings. The Hall–Kier alpha value is -4.50. The molecule has 1 atom stereocenters. The van der Waals surface area contributed by atoms with Gasteiger partial charge in [0.15, 0.2) is 0 Å². The van der Waals surface area contributed by atoms with Gasteiger partial charge >= 0.3 is 0 Å². The predicted molar refractivity (Wildman–Crippen MR) is 136 cm³/mol. The first-order valence-corrected chi connectivity index (χ1v) is 11.6. The number of hydrogen-bond acceptors (Lipinski definition) is 7. The summed E-state index contributed by atoms with van der Waals surface area (Å²) in [6, 6.07) is 19.1. The third-order valence-corrected chi connectivity index (χ3v) is 6.11. The molecule has 0 bridgehead atoms. The Balaban J connectivity index is 1.65. The summed E-state index contributed by atoms with van der Waals surface area (Å²) in [6.07, 6.45) is 0. The molecule has 1 saturated heterocycles. The fraction of sp³-hybridized carbons (Fsp3) is 0.214. The minimum Gasteiger partial charge on any atom is -0.507 e. The number of aliphatic hydroxyl groups is 1. The van der Waals surface area contributed by atoms with Gasteiger partial charge in [-0.3, -0.25) is 19.7 Å². The number of aliphatic hydroxyl groups excluding tert-OH is 1. The van der Waals surface area contributed by atoms with E-state index < -0.39 is 22.7 Å². The van der Waals surface area contributed by atoms with Crippen LogP contribution in [0.2, 0.25) is 0 Å². The van der Waals surface area contributed by atoms with Crippen LogP contribution in [0.15, 0.2) is 78.4 Å². The minimum atomic E-state index is -0.923. The van der Waals surface area contributed by atoms with Crippen molar-refractivity contribution in [2.75, 3.05) is 20.3 Å². The lowest BCUT2D eigenvalue weighted by molar-refractivity contribution is -0.384. The number of carbonyl (C=O) groups is 2. The van der Waals surface area contributed by atoms with Gasteiger partial charge in [-0.1, -0.05) is 29.8 Å². The van der Waals surface area contributed by atoms with Crippen molar-refractivity contribution in [2.24, 2.45) is 0 Å². The Bertz CT molecular complexity index is 1350. The van der Waals surface area contributed by atoms with Gasteiger partial charge in [0.2, 0.25) is 0 Å². The number of rotatable bonds is 9. The maximum Gasteiger partial charge on any atom is 0.295 e. The molecule has 1 aliphatic heterocycles. The van der Waals surface area contributed by atoms with E-state index in [9.17, 15) is 24.8 Å². The number of methoxy groups -OCH3 is 1. The van der Waals surface area contributed by atoms with Crippen molar-refractivity contribution >= 4 is 23.1 Å². The van der Waals surface area contributed by atoms with Crippen LogP contribution in [0.5, 0.6) is 5.75 Å². The molecule has 3 aromatic carbocycles. The van der Waals surface area contributed by atoms with Crippen molar-refractivity contribution in [1.82, 2.24) is 4.90 Å². The van der Waals surface area contributed by atoms with Crippen LogP contribution < -0.4 is 4.74 Å². The quantitative estimate of drug-likeness (QED) is 0.150. The zero-order valence-electron chi connectivity index (χ0n) is 20.4. The number of ether oxygens (including phenoxy) is 2. The number of non-ortho nitro benzene ring substituents is 1. The Morgan fingerprint density at radius 1 is 1.05 bits per heavy atom. The molecule has 1 aliphatic rings. The van der Waals surface area contributed by atoms with Gasteiger partial charge < -0.3 is 19.5 Å². The molecule has 1 N–H and O–H groups in total. The molecular weight excluding hydrogens is 476 g/mol. The maximum absolute atomic E-state index is 13.0. The second-order valence-electron chi connectivity index (χ2n) is 8.64. The molecule has 0 radical (unpaired) electrons. The molecule has 37 heavy (non-hydrogen) atoms. The number of benzene rings is 3. The third-order valence-electron chi connectivity index (χ3n) is 6.11. The number of nitro benzene ring substituents is 1. The summed E-state index contributed by atoms with van der Waals surface area (Å²) >= 11 is 0. The number of nitrogens with zero attached hydrogens (tertiary/aromatic N) is 2. The molecule has 0 saturated carbocycles. The number of nitro groups is 1. The summed E-state index contributed by atoms with van der Waals surface area (Å²) in [5.74, 6) is -1.38. The van der Waals surface area contributed by atoms with Crippen LogP contribution >= 0.6 is 0 Å². The van der Waals surface area contributed by atoms with Crippen LogP contribution in [0, 0.1) is 17.0 Å². The SMILES string of the molecule is COCCN1C(=O)C(=O)/C(=C(/O)c2ccc(OCc3cccc(C)c3)cc2)[C@@H]1c1ccc([N+](=O)[O-])cc1. The second kappa shape index (κ2) is 11.0. The number of aryl methyl sites for hydroxylation is 1. The van der Waals surface area contributed by atoms with Gasteiger partial charge in [0.1, 0.15) is 18.1 Å². The van der Waals surface area contributed by atoms with Crippen molar-refractivity contribution in [3.05, 3.63) is 111 Å². The molecule has 190 valence electrons. The highest BCUT2D eigenvalue weighted by atomic mass is 16.6. The summed E-state index contributed by atoms with van der Waals surface area (Å²) in [5, 5.41) is 22.2. The van der Waals surface area contributed by atoms with Gasteiger partial charge in [-0.2, -0.15) is 0 Å². The van der Waals surface area contributed by atoms with E-state index in [1.54, 1.807) is 24.3 Å². The van der Waals surface area contributed by atoms with Crippen LogP contribution in [-0.4, -0.2) is 46.9 Å². The van der Waals surface area contributed by atoms with E-state index >= 15 is 0 Å². The molecular formula is C28H26N2O7. The predicted octanol–water partition coefficient (Wildman–Crippen LogP) is 4.55. The summed E-state index contributed by atoms with van der Waals surface area (Å²) in [7, 11) is 1.47. The number of carbonyl (C=O) groups excluding carboxylic acids is 2. The molecule has 0 aliphatic carbocycles. The topological polar surface area (TPSA) is 119 Å². The average molecular weight is 503 g/mol. The fourth-order valence-electron chi connectivity index (χ4n) is 4.26. The van der Waals surface area contributed by atoms with Crippen molar-refractivity contribution in [1.29, 1.82) is 0 Å². The highest BCUT2D eigenvalue weighted by Crippen LogP contribution is 2.39. The second-order valence-corrected chi connectivity index (χ2v) is 8.64. The highest BCUT2D eigenvalue weighted by Gasteiger charge is 2.45. The van der Waals surface area contributed by atoms with E-state index in [1.807, 2.05) is 31.2 Å². The first-order valence-electron chi connectivity index (χ1n) is 11.6. The average Bonchev–Trinajstić information content (AvgIpc) is 3.15. The van der Waals surface area contributed by atoms with Crippen LogP contribution in [0.25, 0.3) is 5.76 Å². The van der Waals surface area contributed by atoms with Crippen molar-refractivity contribution < 1.29 is 29.1 Å². The van der Waals surface area contributed by atoms with Gasteiger partial charge in [0.25, 0.3) is 17.4 Å². The summed E-state index contributed by atoms with van der Waals surface area (Å²) in [5.41, 5.74) is 2.72. The zero-order chi connectivity index (χ0) is 26.5. The number of likely N-dealkylation sites (tertiary alicyclic amines) is 1. The molecule has 1 heterocycles. The lowest BCUT2D eigenvalue weighted by atomic mass is 9.95. The highest BCUT2D eigenvalue weighted by molar-refractivity contribution is 6.46. The number of hydrogen-bond donors (Lipinski definition) is 1. The van der Waals surface area contributed by atoms with Gasteiger partial charge in [0, 0.05) is 31.4 Å². The van der Waals surface area contributed by atoms with E-state index in [0.29, 0.717) is 23.5 Å². The molecule has 4 rings (SSSR count). The van der Waals surface area contributed by atoms with Gasteiger partial charge in [0.05, 0.1) is 23.1 Å². The Morgan fingerprint density at radius 3 is 2.38 bits per heavy atom. The van der Waals surface area contributed by atoms with Gasteiger partial charge in [-0.05, 0) is 54.4 Å². The summed E-state index contributed by atoms with van der Waals surface area (Å²) < 4.78 is 10.9. The molecule has 0 aromatic heterocycles. The van der Waals surface area contributed by atoms with Crippen LogP contribution in [-0.2, 0) is 20.9 Å². The largest absolute Gasteiger partial charge is 0.507 e. The zero-order valence-corrected chi connectivity index (χ0v) is 20.4. The Morgan fingerprint density at radius 2 is 1.76 bits per heavy atom. The molecule has 0 unspecified atom stereocenters. The van der Waals surface area contributed by atoms with Gasteiger partial charge in [-0.15, -0.1) is 0 Å². The molecule has 0 spiro atoms. The Labute approximate surface area is 213 Å². The van der Waals surface area contributed by atoms with E-state index in [4.69, 9.17) is 9.47 Å². The van der Waals surface area contributed by atoms with E-state index in [-0.39, 0.29) is 30.2 Å². The summed E-state index contributed by atoms with van der Waals surface area (Å²) in [6.45, 7) is 2.65. The van der Waals surface area contributed by atoms with Crippen LogP contribution in [0.3, 0.4) is 0 Å². The maximum atomic E-state index is 13.0. The monoisotopic (exact) mass is 502 g/mol. The Kier molecular flexibility index (Phi) is 7.64. The molecule has 9 heteroatoms. The summed E-state index contributed by atoms with van der Waals surface area (Å²) in [4.78, 5) is 37.7. The number of amides is 1. The first kappa shape index (κ1) is 25.6. The van der Waals surface area contributed by atoms with Crippen LogP contribution in [0.1, 0.15) is 28.3 Å². The van der Waals surface area contributed by atoms with E-state index in [2.05, 4.69) is 0 Å². The molecule has 3 aromatic rings. The van der Waals surface area contributed by atoms with E-state index in [0.717, 1.165) is 11.1 Å². The molecule has 9 nitrogen and oxygen atoms in total. The minimum absolute atomic E-state index is 0.0941. The third kappa shape index (κ3) is 5.52. The van der Waals surface area contributed by atoms with Crippen LogP contribution in [0.4, 0.5) is 5.69 Å². The standard InChI is InChI=1S/C28H26N2O7/c1-18-4-3-5-19(16-18)17-37-23-12-8-21(9-13-23)26(31)24-25(20-6-10-22(11-7-20)30(34)35)29(14-15-36-2)28(33)27(24)32/h3-13,16,25,31H,14-15,17H2,1-2H3/b26-24+/t25-/m0/s1.